The molecule has 2 amide bonds. The summed E-state index contributed by atoms with van der Waals surface area (Å²) < 4.78 is 4.64. The normalized spacial score (nSPS) is 11.5. The number of aliphatic carboxylic acids is 1. The van der Waals surface area contributed by atoms with Gasteiger partial charge in [0.05, 0.1) is 6.61 Å². The number of carbonyl (C=O) groups excluding carboxylic acids is 2. The van der Waals surface area contributed by atoms with E-state index in [1.807, 2.05) is 0 Å². The molecule has 0 aliphatic rings. The maximum Gasteiger partial charge on any atom is 0.328 e. The highest BCUT2D eigenvalue weighted by Crippen LogP contribution is 2.00. The summed E-state index contributed by atoms with van der Waals surface area (Å²) in [6.07, 6.45) is -0.291. The van der Waals surface area contributed by atoms with Crippen molar-refractivity contribution < 1.29 is 24.2 Å². The molecule has 0 saturated heterocycles. The second-order valence-corrected chi connectivity index (χ2v) is 2.75. The van der Waals surface area contributed by atoms with E-state index in [0.717, 1.165) is 0 Å². The summed E-state index contributed by atoms with van der Waals surface area (Å²) in [6.45, 7) is 1.76. The number of nitrogens with two attached hydrogens (primary N) is 1. The van der Waals surface area contributed by atoms with Crippen LogP contribution in [0.4, 0.5) is 4.79 Å². The van der Waals surface area contributed by atoms with Gasteiger partial charge in [-0.3, -0.25) is 4.79 Å². The van der Waals surface area contributed by atoms with Gasteiger partial charge in [0.15, 0.2) is 0 Å². The number of carboxylic acid groups (broad SMARTS) is 1. The van der Waals surface area contributed by atoms with Crippen molar-refractivity contribution in [2.24, 2.45) is 5.73 Å². The first-order valence-electron chi connectivity index (χ1n) is 4.41. The van der Waals surface area contributed by atoms with E-state index >= 15 is 0 Å². The number of primary amides is 1. The quantitative estimate of drug-likeness (QED) is 0.517. The van der Waals surface area contributed by atoms with Crippen molar-refractivity contribution in [3.05, 3.63) is 0 Å². The molecular weight excluding hydrogens is 204 g/mol. The zero-order valence-corrected chi connectivity index (χ0v) is 8.36. The first-order chi connectivity index (χ1) is 6.97. The third-order valence-corrected chi connectivity index (χ3v) is 1.53. The van der Waals surface area contributed by atoms with Crippen LogP contribution in [0.2, 0.25) is 0 Å². The minimum atomic E-state index is -1.06. The van der Waals surface area contributed by atoms with Gasteiger partial charge >= 0.3 is 18.0 Å². The van der Waals surface area contributed by atoms with E-state index in [9.17, 15) is 14.4 Å². The van der Waals surface area contributed by atoms with Crippen LogP contribution >= 0.6 is 0 Å². The minimum absolute atomic E-state index is 0.0445. The molecule has 0 saturated carbocycles. The summed E-state index contributed by atoms with van der Waals surface area (Å²) in [6, 6.07) is -1.89. The summed E-state index contributed by atoms with van der Waals surface area (Å²) in [5.74, 6) is -1.74. The molecule has 0 heterocycles. The van der Waals surface area contributed by atoms with Gasteiger partial charge in [0.2, 0.25) is 0 Å². The predicted molar refractivity (Wildman–Crippen MR) is 50.0 cm³/mol. The monoisotopic (exact) mass is 218 g/mol. The molecule has 0 aliphatic carbocycles. The number of nitrogens with one attached hydrogen (secondary N) is 1. The molecule has 0 spiro atoms. The lowest BCUT2D eigenvalue weighted by Crippen LogP contribution is -2.44. The number of amides is 2. The standard InChI is InChI=1S/C8H14N2O5/c1-2-15-7(13)5(10-8(9)14)3-4-6(11)12/h5H,2-4H2,1H3,(H,11,12)(H3,9,10,14)/t5-/m0/s1. The fraction of sp³-hybridized carbons (Fsp3) is 0.625. The average molecular weight is 218 g/mol. The van der Waals surface area contributed by atoms with Gasteiger partial charge in [0.1, 0.15) is 6.04 Å². The fourth-order valence-electron chi connectivity index (χ4n) is 0.931. The van der Waals surface area contributed by atoms with Crippen molar-refractivity contribution in [3.8, 4) is 0 Å². The Kier molecular flexibility index (Phi) is 5.84. The van der Waals surface area contributed by atoms with Gasteiger partial charge in [-0.1, -0.05) is 0 Å². The molecule has 0 radical (unpaired) electrons. The average Bonchev–Trinajstić information content (AvgIpc) is 2.11. The summed E-state index contributed by atoms with van der Waals surface area (Å²) in [4.78, 5) is 32.0. The fourth-order valence-corrected chi connectivity index (χ4v) is 0.931. The Balaban J connectivity index is 4.23. The zero-order valence-electron chi connectivity index (χ0n) is 8.36. The van der Waals surface area contributed by atoms with Crippen molar-refractivity contribution in [1.29, 1.82) is 0 Å². The molecule has 4 N–H and O–H groups in total. The van der Waals surface area contributed by atoms with E-state index in [4.69, 9.17) is 10.8 Å². The summed E-state index contributed by atoms with van der Waals surface area (Å²) in [5.41, 5.74) is 4.83. The maximum absolute atomic E-state index is 11.2. The molecule has 86 valence electrons. The van der Waals surface area contributed by atoms with Crippen LogP contribution in [-0.2, 0) is 14.3 Å². The van der Waals surface area contributed by atoms with Crippen molar-refractivity contribution in [1.82, 2.24) is 5.32 Å². The third-order valence-electron chi connectivity index (χ3n) is 1.53. The number of esters is 1. The minimum Gasteiger partial charge on any atom is -0.481 e. The number of hydrogen-bond donors (Lipinski definition) is 3. The van der Waals surface area contributed by atoms with Gasteiger partial charge in [-0.2, -0.15) is 0 Å². The summed E-state index contributed by atoms with van der Waals surface area (Å²) >= 11 is 0. The Labute approximate surface area is 86.6 Å². The van der Waals surface area contributed by atoms with Crippen LogP contribution in [0, 0.1) is 0 Å². The van der Waals surface area contributed by atoms with E-state index in [0.29, 0.717) is 0 Å². The first-order valence-corrected chi connectivity index (χ1v) is 4.41. The van der Waals surface area contributed by atoms with E-state index in [2.05, 4.69) is 10.1 Å². The molecule has 1 atom stereocenters. The topological polar surface area (TPSA) is 119 Å². The van der Waals surface area contributed by atoms with Crippen LogP contribution in [-0.4, -0.2) is 35.7 Å². The van der Waals surface area contributed by atoms with Crippen LogP contribution in [0.15, 0.2) is 0 Å². The zero-order chi connectivity index (χ0) is 11.8. The van der Waals surface area contributed by atoms with Crippen LogP contribution in [0.25, 0.3) is 0 Å². The molecule has 0 rings (SSSR count). The molecule has 0 fully saturated rings. The molecule has 0 unspecified atom stereocenters. The Hall–Kier alpha value is -1.79. The van der Waals surface area contributed by atoms with Crippen LogP contribution in [0.3, 0.4) is 0 Å². The van der Waals surface area contributed by atoms with Crippen molar-refractivity contribution in [2.75, 3.05) is 6.61 Å². The number of rotatable bonds is 6. The molecule has 7 heteroatoms. The molecule has 15 heavy (non-hydrogen) atoms. The smallest absolute Gasteiger partial charge is 0.328 e. The van der Waals surface area contributed by atoms with E-state index in [1.165, 1.54) is 0 Å². The van der Waals surface area contributed by atoms with Gasteiger partial charge in [0, 0.05) is 6.42 Å². The molecule has 0 bridgehead atoms. The van der Waals surface area contributed by atoms with E-state index in [-0.39, 0.29) is 19.4 Å². The van der Waals surface area contributed by atoms with Crippen molar-refractivity contribution >= 4 is 18.0 Å². The molecule has 7 nitrogen and oxygen atoms in total. The molecule has 0 aromatic heterocycles. The van der Waals surface area contributed by atoms with Gasteiger partial charge in [-0.25, -0.2) is 9.59 Å². The number of carbonyl (C=O) groups is 3. The highest BCUT2D eigenvalue weighted by molar-refractivity contribution is 5.83. The van der Waals surface area contributed by atoms with Crippen LogP contribution < -0.4 is 11.1 Å². The number of hydrogen-bond acceptors (Lipinski definition) is 4. The van der Waals surface area contributed by atoms with Crippen LogP contribution in [0.1, 0.15) is 19.8 Å². The first kappa shape index (κ1) is 13.2. The Morgan fingerprint density at radius 3 is 2.47 bits per heavy atom. The lowest BCUT2D eigenvalue weighted by atomic mass is 10.1. The van der Waals surface area contributed by atoms with Gasteiger partial charge < -0.3 is 20.9 Å². The Morgan fingerprint density at radius 2 is 2.07 bits per heavy atom. The second-order valence-electron chi connectivity index (χ2n) is 2.75. The van der Waals surface area contributed by atoms with Crippen molar-refractivity contribution in [3.63, 3.8) is 0 Å². The molecule has 0 aromatic carbocycles. The number of urea groups is 1. The number of ether oxygens (including phenoxy) is 1. The largest absolute Gasteiger partial charge is 0.481 e. The van der Waals surface area contributed by atoms with Gasteiger partial charge in [-0.15, -0.1) is 0 Å². The van der Waals surface area contributed by atoms with Crippen LogP contribution in [0.5, 0.6) is 0 Å². The highest BCUT2D eigenvalue weighted by atomic mass is 16.5. The SMILES string of the molecule is CCOC(=O)[C@H](CCC(=O)O)NC(N)=O. The van der Waals surface area contributed by atoms with E-state index < -0.39 is 24.0 Å². The maximum atomic E-state index is 11.2. The summed E-state index contributed by atoms with van der Waals surface area (Å²) in [5, 5.41) is 10.5. The second kappa shape index (κ2) is 6.63. The van der Waals surface area contributed by atoms with E-state index in [1.54, 1.807) is 6.92 Å². The Bertz CT molecular complexity index is 253. The Morgan fingerprint density at radius 1 is 1.47 bits per heavy atom. The van der Waals surface area contributed by atoms with Gasteiger partial charge in [0.25, 0.3) is 0 Å². The summed E-state index contributed by atoms with van der Waals surface area (Å²) in [7, 11) is 0. The molecular formula is C8H14N2O5. The lowest BCUT2D eigenvalue weighted by molar-refractivity contribution is -0.145. The highest BCUT2D eigenvalue weighted by Gasteiger charge is 2.21. The third kappa shape index (κ3) is 6.30. The lowest BCUT2D eigenvalue weighted by Gasteiger charge is -2.14. The predicted octanol–water partition coefficient (Wildman–Crippen LogP) is -0.549. The van der Waals surface area contributed by atoms with Gasteiger partial charge in [-0.05, 0) is 13.3 Å². The molecule has 0 aliphatic heterocycles. The van der Waals surface area contributed by atoms with Crippen molar-refractivity contribution in [2.45, 2.75) is 25.8 Å². The molecule has 0 aromatic rings. The number of carboxylic acids is 1.